The molecule has 0 aliphatic carbocycles. The monoisotopic (exact) mass is 343 g/mol. The van der Waals surface area contributed by atoms with Crippen molar-refractivity contribution < 1.29 is 32.3 Å². The van der Waals surface area contributed by atoms with E-state index in [-0.39, 0.29) is 22.5 Å². The maximum atomic E-state index is 12.9. The molecule has 3 heterocycles. The van der Waals surface area contributed by atoms with Crippen LogP contribution in [0.3, 0.4) is 0 Å². The minimum atomic E-state index is -3.92. The van der Waals surface area contributed by atoms with Crippen molar-refractivity contribution in [2.45, 2.75) is 43.2 Å². The third kappa shape index (κ3) is 2.34. The minimum absolute atomic E-state index is 0.0866. The van der Waals surface area contributed by atoms with Gasteiger partial charge in [-0.15, -0.1) is 0 Å². The van der Waals surface area contributed by atoms with Gasteiger partial charge in [0.2, 0.25) is 15.8 Å². The number of aryl methyl sites for hydroxylation is 1. The lowest BCUT2D eigenvalue weighted by molar-refractivity contribution is -0.142. The van der Waals surface area contributed by atoms with Gasteiger partial charge in [-0.25, -0.2) is 13.2 Å². The summed E-state index contributed by atoms with van der Waals surface area (Å²) in [7, 11) is -2.75. The second-order valence-corrected chi connectivity index (χ2v) is 7.65. The van der Waals surface area contributed by atoms with Gasteiger partial charge in [0.25, 0.3) is 0 Å². The molecule has 2 aliphatic rings. The molecule has 0 radical (unpaired) electrons. The zero-order chi connectivity index (χ0) is 16.9. The maximum absolute atomic E-state index is 12.9. The van der Waals surface area contributed by atoms with Crippen LogP contribution in [0, 0.1) is 12.8 Å². The number of aliphatic carboxylic acids is 1. The average Bonchev–Trinajstić information content (AvgIpc) is 3.18. The number of esters is 1. The minimum Gasteiger partial charge on any atom is -0.481 e. The highest BCUT2D eigenvalue weighted by atomic mass is 32.2. The van der Waals surface area contributed by atoms with Gasteiger partial charge in [0.1, 0.15) is 10.7 Å². The smallest absolute Gasteiger partial charge is 0.373 e. The van der Waals surface area contributed by atoms with Crippen LogP contribution in [0.5, 0.6) is 0 Å². The fourth-order valence-electron chi connectivity index (χ4n) is 3.62. The molecule has 23 heavy (non-hydrogen) atoms. The Kier molecular flexibility index (Phi) is 3.72. The molecule has 2 aliphatic heterocycles. The lowest BCUT2D eigenvalue weighted by Crippen LogP contribution is -2.37. The number of methoxy groups -OCH3 is 1. The van der Waals surface area contributed by atoms with Crippen LogP contribution in [0.15, 0.2) is 15.4 Å². The molecule has 1 aromatic rings. The number of hydrogen-bond acceptors (Lipinski definition) is 6. The number of carboxylic acid groups (broad SMARTS) is 1. The zero-order valence-corrected chi connectivity index (χ0v) is 13.5. The van der Waals surface area contributed by atoms with Crippen LogP contribution in [0.1, 0.15) is 35.6 Å². The number of nitrogens with zero attached hydrogens (tertiary/aromatic N) is 1. The van der Waals surface area contributed by atoms with Crippen molar-refractivity contribution in [2.24, 2.45) is 5.92 Å². The molecule has 9 heteroatoms. The first-order valence-corrected chi connectivity index (χ1v) is 8.66. The normalized spacial score (nSPS) is 27.3. The fraction of sp³-hybridized carbons (Fsp3) is 0.571. The highest BCUT2D eigenvalue weighted by Gasteiger charge is 2.55. The number of ether oxygens (including phenoxy) is 1. The Morgan fingerprint density at radius 2 is 2.09 bits per heavy atom. The highest BCUT2D eigenvalue weighted by Crippen LogP contribution is 2.45. The van der Waals surface area contributed by atoms with Gasteiger partial charge in [0, 0.05) is 18.2 Å². The molecular weight excluding hydrogens is 326 g/mol. The van der Waals surface area contributed by atoms with Crippen LogP contribution < -0.4 is 0 Å². The summed E-state index contributed by atoms with van der Waals surface area (Å²) in [4.78, 5) is 22.7. The van der Waals surface area contributed by atoms with E-state index in [2.05, 4.69) is 4.74 Å². The van der Waals surface area contributed by atoms with Crippen molar-refractivity contribution >= 4 is 22.0 Å². The first kappa shape index (κ1) is 16.0. The Bertz CT molecular complexity index is 766. The number of carbonyl (C=O) groups is 2. The van der Waals surface area contributed by atoms with Crippen LogP contribution in [-0.2, 0) is 19.6 Å². The van der Waals surface area contributed by atoms with E-state index in [1.54, 1.807) is 0 Å². The summed E-state index contributed by atoms with van der Waals surface area (Å²) >= 11 is 0. The van der Waals surface area contributed by atoms with Gasteiger partial charge in [-0.3, -0.25) is 4.79 Å². The van der Waals surface area contributed by atoms with Crippen LogP contribution in [0.25, 0.3) is 0 Å². The van der Waals surface area contributed by atoms with Crippen molar-refractivity contribution in [3.8, 4) is 0 Å². The maximum Gasteiger partial charge on any atom is 0.373 e. The van der Waals surface area contributed by atoms with E-state index in [9.17, 15) is 23.1 Å². The number of carbonyl (C=O) groups excluding carboxylic acids is 1. The van der Waals surface area contributed by atoms with E-state index in [1.165, 1.54) is 18.3 Å². The Labute approximate surface area is 133 Å². The van der Waals surface area contributed by atoms with Gasteiger partial charge < -0.3 is 14.3 Å². The van der Waals surface area contributed by atoms with Crippen LogP contribution in [0.2, 0.25) is 0 Å². The molecule has 1 aromatic heterocycles. The molecule has 0 spiro atoms. The molecule has 2 saturated heterocycles. The van der Waals surface area contributed by atoms with Gasteiger partial charge in [0.05, 0.1) is 13.0 Å². The topological polar surface area (TPSA) is 114 Å². The summed E-state index contributed by atoms with van der Waals surface area (Å²) in [5, 5.41) is 9.25. The summed E-state index contributed by atoms with van der Waals surface area (Å²) in [5.41, 5.74) is 0. The zero-order valence-electron chi connectivity index (χ0n) is 12.7. The van der Waals surface area contributed by atoms with E-state index in [0.717, 1.165) is 6.07 Å². The first-order chi connectivity index (χ1) is 10.8. The van der Waals surface area contributed by atoms with E-state index in [4.69, 9.17) is 4.42 Å². The summed E-state index contributed by atoms with van der Waals surface area (Å²) < 4.78 is 36.9. The molecule has 2 bridgehead atoms. The molecule has 3 unspecified atom stereocenters. The fourth-order valence-corrected chi connectivity index (χ4v) is 5.70. The quantitative estimate of drug-likeness (QED) is 0.811. The SMILES string of the molecule is COC(=O)c1cc(S(=O)(=O)N2C3CCC2C(C(=O)O)C3)c(C)o1. The van der Waals surface area contributed by atoms with Crippen molar-refractivity contribution in [2.75, 3.05) is 7.11 Å². The number of furan rings is 1. The Hall–Kier alpha value is -1.87. The molecule has 3 rings (SSSR count). The summed E-state index contributed by atoms with van der Waals surface area (Å²) in [5.74, 6) is -2.52. The number of rotatable bonds is 4. The first-order valence-electron chi connectivity index (χ1n) is 7.22. The largest absolute Gasteiger partial charge is 0.481 e. The van der Waals surface area contributed by atoms with Gasteiger partial charge in [-0.2, -0.15) is 4.31 Å². The summed E-state index contributed by atoms with van der Waals surface area (Å²) in [6.45, 7) is 1.45. The number of sulfonamides is 1. The molecule has 126 valence electrons. The van der Waals surface area contributed by atoms with E-state index in [1.807, 2.05) is 0 Å². The predicted octanol–water partition coefficient (Wildman–Crippen LogP) is 1.00. The van der Waals surface area contributed by atoms with Crippen molar-refractivity contribution in [1.82, 2.24) is 4.31 Å². The van der Waals surface area contributed by atoms with Gasteiger partial charge in [-0.1, -0.05) is 0 Å². The second-order valence-electron chi connectivity index (χ2n) is 5.84. The van der Waals surface area contributed by atoms with E-state index < -0.39 is 33.9 Å². The van der Waals surface area contributed by atoms with Crippen LogP contribution in [0.4, 0.5) is 0 Å². The van der Waals surface area contributed by atoms with Crippen LogP contribution in [-0.4, -0.2) is 49.0 Å². The predicted molar refractivity (Wildman–Crippen MR) is 76.4 cm³/mol. The molecule has 8 nitrogen and oxygen atoms in total. The Morgan fingerprint density at radius 3 is 2.65 bits per heavy atom. The molecule has 0 amide bonds. The average molecular weight is 343 g/mol. The highest BCUT2D eigenvalue weighted by molar-refractivity contribution is 7.89. The second kappa shape index (κ2) is 5.34. The van der Waals surface area contributed by atoms with Crippen LogP contribution >= 0.6 is 0 Å². The number of hydrogen-bond donors (Lipinski definition) is 1. The summed E-state index contributed by atoms with van der Waals surface area (Å²) in [6, 6.07) is 0.282. The molecule has 0 aromatic carbocycles. The van der Waals surface area contributed by atoms with Gasteiger partial charge in [0.15, 0.2) is 0 Å². The van der Waals surface area contributed by atoms with E-state index in [0.29, 0.717) is 19.3 Å². The molecule has 3 atom stereocenters. The standard InChI is InChI=1S/C14H17NO7S/c1-7-12(6-11(22-7)14(18)21-2)23(19,20)15-8-3-4-10(15)9(5-8)13(16)17/h6,8-10H,3-5H2,1-2H3,(H,16,17). The Morgan fingerprint density at radius 1 is 1.39 bits per heavy atom. The molecule has 0 saturated carbocycles. The number of carboxylic acids is 1. The third-order valence-corrected chi connectivity index (χ3v) is 6.69. The van der Waals surface area contributed by atoms with Gasteiger partial charge in [-0.05, 0) is 26.2 Å². The van der Waals surface area contributed by atoms with E-state index >= 15 is 0 Å². The lowest BCUT2D eigenvalue weighted by atomic mass is 9.89. The van der Waals surface area contributed by atoms with Crippen molar-refractivity contribution in [3.05, 3.63) is 17.6 Å². The molecule has 2 fully saturated rings. The molecule has 1 N–H and O–H groups in total. The van der Waals surface area contributed by atoms with Crippen molar-refractivity contribution in [1.29, 1.82) is 0 Å². The summed E-state index contributed by atoms with van der Waals surface area (Å²) in [6.07, 6.45) is 1.50. The van der Waals surface area contributed by atoms with Crippen molar-refractivity contribution in [3.63, 3.8) is 0 Å². The molecular formula is C14H17NO7S. The van der Waals surface area contributed by atoms with Gasteiger partial charge >= 0.3 is 11.9 Å². The number of fused-ring (bicyclic) bond motifs is 2. The lowest BCUT2D eigenvalue weighted by Gasteiger charge is -2.21. The third-order valence-electron chi connectivity index (χ3n) is 4.60. The Balaban J connectivity index is 1.99.